The zero-order valence-electron chi connectivity index (χ0n) is 23.3. The van der Waals surface area contributed by atoms with E-state index in [0.717, 1.165) is 0 Å². The van der Waals surface area contributed by atoms with Crippen molar-refractivity contribution in [1.82, 2.24) is 0 Å². The fraction of sp³-hybridized carbons (Fsp3) is 1.00. The first-order chi connectivity index (χ1) is 19.8. The van der Waals surface area contributed by atoms with Crippen LogP contribution in [0, 0.1) is 0 Å². The van der Waals surface area contributed by atoms with E-state index in [1.807, 2.05) is 0 Å². The minimum Gasteiger partial charge on any atom is -0.394 e. The van der Waals surface area contributed by atoms with Gasteiger partial charge in [-0.2, -0.15) is 0 Å². The molecule has 19 atom stereocenters. The minimum absolute atomic E-state index is 0. The van der Waals surface area contributed by atoms with Crippen LogP contribution < -0.4 is 34.4 Å². The smallest absolute Gasteiger partial charge is 0.187 e. The third kappa shape index (κ3) is 7.42. The van der Waals surface area contributed by atoms with Crippen LogP contribution in [-0.4, -0.2) is 172 Å². The Morgan fingerprint density at radius 1 is 0.535 bits per heavy atom. The summed E-state index contributed by atoms with van der Waals surface area (Å²) in [5, 5.41) is 73.0. The Hall–Kier alpha value is -0.470. The zero-order valence-corrected chi connectivity index (χ0v) is 24.1. The summed E-state index contributed by atoms with van der Waals surface area (Å²) in [6.07, 6.45) is -19.8. The van der Waals surface area contributed by atoms with Crippen LogP contribution in [0.4, 0.5) is 0 Å². The summed E-state index contributed by atoms with van der Waals surface area (Å²) in [7, 11) is 0. The molecule has 43 heavy (non-hydrogen) atoms. The molecule has 19 nitrogen and oxygen atoms in total. The van der Waals surface area contributed by atoms with E-state index in [1.54, 1.807) is 0 Å². The van der Waals surface area contributed by atoms with Crippen molar-refractivity contribution in [3.05, 3.63) is 0 Å². The predicted molar refractivity (Wildman–Crippen MR) is 146 cm³/mol. The number of hydrogen-bond donors (Lipinski definition) is 13. The number of nitrogens with two attached hydrogens (primary N) is 6. The van der Waals surface area contributed by atoms with E-state index in [1.165, 1.54) is 0 Å². The van der Waals surface area contributed by atoms with Gasteiger partial charge in [-0.15, -0.1) is 12.4 Å². The predicted octanol–water partition coefficient (Wildman–Crippen LogP) is -8.47. The van der Waals surface area contributed by atoms with Gasteiger partial charge in [-0.05, 0) is 6.42 Å². The average Bonchev–Trinajstić information content (AvgIpc) is 3.27. The number of rotatable bonds is 9. The molecule has 4 rings (SSSR count). The van der Waals surface area contributed by atoms with Gasteiger partial charge >= 0.3 is 0 Å². The van der Waals surface area contributed by atoms with Crippen molar-refractivity contribution in [3.63, 3.8) is 0 Å². The van der Waals surface area contributed by atoms with Gasteiger partial charge in [0.25, 0.3) is 0 Å². The molecule has 0 aromatic carbocycles. The number of aliphatic hydroxyl groups is 7. The SMILES string of the molecule is Cl.NC[C@H]1O[C@H](O[C@H]2[C@H](O[C@@H]3O[C@H](CO)[C@@H](O[C@H]4O[C@H](CN)[C@@H](O)[C@H](O)[C@H]4N)[C@H]3O)[C@@H](O)[C@H](N)C[C@@H]2N)[C@H](N)[C@@H](O)[C@@H]1O. The second-order valence-corrected chi connectivity index (χ2v) is 11.2. The second-order valence-electron chi connectivity index (χ2n) is 11.2. The number of hydrogen-bond acceptors (Lipinski definition) is 19. The molecule has 0 amide bonds. The molecule has 1 saturated carbocycles. The molecule has 254 valence electrons. The fourth-order valence-corrected chi connectivity index (χ4v) is 5.74. The lowest BCUT2D eigenvalue weighted by Gasteiger charge is -2.47. The van der Waals surface area contributed by atoms with E-state index < -0.39 is 123 Å². The average molecular weight is 651 g/mol. The van der Waals surface area contributed by atoms with Crippen LogP contribution in [0.3, 0.4) is 0 Å². The van der Waals surface area contributed by atoms with Crippen molar-refractivity contribution in [3.8, 4) is 0 Å². The number of ether oxygens (including phenoxy) is 6. The van der Waals surface area contributed by atoms with Gasteiger partial charge in [-0.1, -0.05) is 0 Å². The Labute approximate surface area is 253 Å². The first kappa shape index (κ1) is 37.0. The van der Waals surface area contributed by atoms with Crippen LogP contribution in [0.15, 0.2) is 0 Å². The monoisotopic (exact) mass is 650 g/mol. The molecule has 0 bridgehead atoms. The van der Waals surface area contributed by atoms with E-state index >= 15 is 0 Å². The molecule has 0 spiro atoms. The lowest BCUT2D eigenvalue weighted by molar-refractivity contribution is -0.306. The third-order valence-corrected chi connectivity index (χ3v) is 8.37. The second kappa shape index (κ2) is 15.4. The molecule has 1 aliphatic carbocycles. The highest BCUT2D eigenvalue weighted by Gasteiger charge is 2.54. The largest absolute Gasteiger partial charge is 0.394 e. The van der Waals surface area contributed by atoms with Gasteiger partial charge in [0.1, 0.15) is 67.1 Å². The molecular formula is C23H47ClN6O13. The number of aliphatic hydroxyl groups excluding tert-OH is 7. The molecule has 0 aromatic heterocycles. The summed E-state index contributed by atoms with van der Waals surface area (Å²) in [5.41, 5.74) is 35.6. The summed E-state index contributed by atoms with van der Waals surface area (Å²) in [5.74, 6) is 0. The lowest BCUT2D eigenvalue weighted by atomic mass is 9.84. The highest BCUT2D eigenvalue weighted by Crippen LogP contribution is 2.34. The summed E-state index contributed by atoms with van der Waals surface area (Å²) < 4.78 is 34.6. The van der Waals surface area contributed by atoms with Crippen LogP contribution in [0.1, 0.15) is 6.42 Å². The quantitative estimate of drug-likeness (QED) is 0.110. The van der Waals surface area contributed by atoms with Crippen LogP contribution in [0.5, 0.6) is 0 Å². The van der Waals surface area contributed by atoms with Crippen molar-refractivity contribution in [1.29, 1.82) is 0 Å². The summed E-state index contributed by atoms with van der Waals surface area (Å²) in [4.78, 5) is 0. The Kier molecular flexibility index (Phi) is 13.3. The van der Waals surface area contributed by atoms with Gasteiger partial charge in [-0.25, -0.2) is 0 Å². The van der Waals surface area contributed by atoms with Crippen molar-refractivity contribution in [2.75, 3.05) is 19.7 Å². The van der Waals surface area contributed by atoms with E-state index in [4.69, 9.17) is 62.8 Å². The molecule has 19 N–H and O–H groups in total. The first-order valence-electron chi connectivity index (χ1n) is 13.9. The molecule has 3 saturated heterocycles. The standard InChI is InChI=1S/C23H46N6O13.ClH/c24-2-7-13(32)15(34)10(28)21(37-7)40-18-6(27)1-5(26)12(31)20(18)42-23-17(36)19(9(4-30)39-23)41-22-11(29)16(35)14(33)8(3-25)38-22;/h5-23,30-36H,1-4,24-29H2;1H/t5-,6+,7-,8-,9-,10-,11-,12+,13-,14-,15-,16-,17-,18-,19-,20-,21-,22-,23+;/m1./s1. The van der Waals surface area contributed by atoms with Crippen LogP contribution in [-0.2, 0) is 28.4 Å². The van der Waals surface area contributed by atoms with Crippen molar-refractivity contribution >= 4 is 12.4 Å². The highest BCUT2D eigenvalue weighted by molar-refractivity contribution is 5.85. The topological polar surface area (TPSA) is 353 Å². The van der Waals surface area contributed by atoms with Gasteiger partial charge in [0.15, 0.2) is 18.9 Å². The molecule has 0 unspecified atom stereocenters. The molecule has 0 radical (unpaired) electrons. The third-order valence-electron chi connectivity index (χ3n) is 8.37. The van der Waals surface area contributed by atoms with Gasteiger partial charge in [-0.3, -0.25) is 0 Å². The van der Waals surface area contributed by atoms with E-state index in [-0.39, 0.29) is 31.9 Å². The molecule has 20 heteroatoms. The minimum atomic E-state index is -1.60. The Balaban J connectivity index is 0.00000506. The molecule has 3 heterocycles. The Morgan fingerprint density at radius 2 is 0.977 bits per heavy atom. The van der Waals surface area contributed by atoms with Crippen LogP contribution in [0.2, 0.25) is 0 Å². The number of halogens is 1. The molecule has 0 aromatic rings. The molecule has 3 aliphatic heterocycles. The van der Waals surface area contributed by atoms with Crippen LogP contribution in [0.25, 0.3) is 0 Å². The Bertz CT molecular complexity index is 875. The first-order valence-corrected chi connectivity index (χ1v) is 13.9. The van der Waals surface area contributed by atoms with Crippen molar-refractivity contribution < 1.29 is 64.2 Å². The highest BCUT2D eigenvalue weighted by atomic mass is 35.5. The molecule has 4 aliphatic rings. The van der Waals surface area contributed by atoms with E-state index in [0.29, 0.717) is 0 Å². The van der Waals surface area contributed by atoms with Gasteiger partial charge < -0.3 is 98.6 Å². The summed E-state index contributed by atoms with van der Waals surface area (Å²) in [6.45, 7) is -0.967. The lowest BCUT2D eigenvalue weighted by Crippen LogP contribution is -2.68. The zero-order chi connectivity index (χ0) is 31.0. The fourth-order valence-electron chi connectivity index (χ4n) is 5.74. The normalized spacial score (nSPS) is 52.5. The Morgan fingerprint density at radius 3 is 1.44 bits per heavy atom. The van der Waals surface area contributed by atoms with Crippen molar-refractivity contribution in [2.45, 2.75) is 123 Å². The van der Waals surface area contributed by atoms with E-state index in [2.05, 4.69) is 0 Å². The molecular weight excluding hydrogens is 604 g/mol. The van der Waals surface area contributed by atoms with Gasteiger partial charge in [0, 0.05) is 25.2 Å². The maximum atomic E-state index is 11.1. The van der Waals surface area contributed by atoms with Gasteiger partial charge in [0.2, 0.25) is 0 Å². The summed E-state index contributed by atoms with van der Waals surface area (Å²) in [6, 6.07) is -4.18. The molecule has 4 fully saturated rings. The van der Waals surface area contributed by atoms with Crippen molar-refractivity contribution in [2.24, 2.45) is 34.4 Å². The van der Waals surface area contributed by atoms with Crippen LogP contribution >= 0.6 is 12.4 Å². The maximum absolute atomic E-state index is 11.1. The summed E-state index contributed by atoms with van der Waals surface area (Å²) >= 11 is 0. The van der Waals surface area contributed by atoms with Gasteiger partial charge in [0.05, 0.1) is 24.8 Å². The maximum Gasteiger partial charge on any atom is 0.187 e. The van der Waals surface area contributed by atoms with E-state index in [9.17, 15) is 35.7 Å².